The van der Waals surface area contributed by atoms with Crippen molar-refractivity contribution in [1.82, 2.24) is 0 Å². The first-order valence-electron chi connectivity index (χ1n) is 9.71. The second-order valence-electron chi connectivity index (χ2n) is 7.14. The van der Waals surface area contributed by atoms with E-state index >= 15 is 0 Å². The average molecular weight is 501 g/mol. The third kappa shape index (κ3) is 4.46. The summed E-state index contributed by atoms with van der Waals surface area (Å²) in [5.41, 5.74) is 1.53. The number of rotatable bonds is 5. The van der Waals surface area contributed by atoms with Crippen LogP contribution in [0, 0.1) is 0 Å². The Balaban J connectivity index is 1.59. The number of hydrogen-bond acceptors (Lipinski definition) is 4. The third-order valence-corrected chi connectivity index (χ3v) is 5.91. The van der Waals surface area contributed by atoms with E-state index in [9.17, 15) is 14.4 Å². The van der Waals surface area contributed by atoms with Crippen LogP contribution in [-0.2, 0) is 9.59 Å². The van der Waals surface area contributed by atoms with Gasteiger partial charge in [0, 0.05) is 29.0 Å². The van der Waals surface area contributed by atoms with E-state index in [0.717, 1.165) is 10.6 Å². The molecule has 1 heterocycles. The number of nitrogens with one attached hydrogen (secondary N) is 1. The molecule has 9 heteroatoms. The zero-order valence-electron chi connectivity index (χ0n) is 17.2. The van der Waals surface area contributed by atoms with Gasteiger partial charge in [0.1, 0.15) is 10.7 Å². The standard InChI is InChI=1S/C24H16Cl3N3O3/c1-29(17-8-3-2-4-9-17)22(31)14-6-5-7-16(12-14)28-21-20(27)23(32)30(24(21)33)19-13-15(25)10-11-18(19)26/h2-13,28H,1H3. The Morgan fingerprint density at radius 1 is 0.879 bits per heavy atom. The molecule has 0 atom stereocenters. The molecule has 166 valence electrons. The summed E-state index contributed by atoms with van der Waals surface area (Å²) in [5.74, 6) is -1.66. The fourth-order valence-corrected chi connectivity index (χ4v) is 3.91. The molecule has 0 bridgehead atoms. The Morgan fingerprint density at radius 2 is 1.61 bits per heavy atom. The summed E-state index contributed by atoms with van der Waals surface area (Å²) in [6.45, 7) is 0. The molecule has 3 aromatic carbocycles. The number of carbonyl (C=O) groups is 3. The lowest BCUT2D eigenvalue weighted by Gasteiger charge is -2.18. The van der Waals surface area contributed by atoms with E-state index in [1.165, 1.54) is 17.0 Å². The van der Waals surface area contributed by atoms with Gasteiger partial charge >= 0.3 is 0 Å². The Hall–Kier alpha value is -3.32. The van der Waals surface area contributed by atoms with Crippen LogP contribution in [0.5, 0.6) is 0 Å². The van der Waals surface area contributed by atoms with Crippen LogP contribution < -0.4 is 15.1 Å². The minimum absolute atomic E-state index is 0.126. The van der Waals surface area contributed by atoms with Gasteiger partial charge < -0.3 is 10.2 Å². The first kappa shape index (κ1) is 22.9. The summed E-state index contributed by atoms with van der Waals surface area (Å²) in [5, 5.41) is 3.05. The number of anilines is 3. The van der Waals surface area contributed by atoms with Crippen molar-refractivity contribution >= 4 is 69.6 Å². The average Bonchev–Trinajstić information content (AvgIpc) is 3.03. The van der Waals surface area contributed by atoms with Gasteiger partial charge in [-0.1, -0.05) is 59.1 Å². The molecular formula is C24H16Cl3N3O3. The molecule has 0 spiro atoms. The Morgan fingerprint density at radius 3 is 2.33 bits per heavy atom. The van der Waals surface area contributed by atoms with Gasteiger partial charge in [-0.15, -0.1) is 0 Å². The molecule has 3 amide bonds. The number of hydrogen-bond donors (Lipinski definition) is 1. The SMILES string of the molecule is CN(C(=O)c1cccc(NC2=C(Cl)C(=O)N(c3cc(Cl)ccc3Cl)C2=O)c1)c1ccccc1. The Bertz CT molecular complexity index is 1310. The number of nitrogens with zero attached hydrogens (tertiary/aromatic N) is 2. The summed E-state index contributed by atoms with van der Waals surface area (Å²) in [4.78, 5) is 41.0. The molecule has 0 saturated carbocycles. The maximum absolute atomic E-state index is 13.0. The summed E-state index contributed by atoms with van der Waals surface area (Å²) >= 11 is 18.4. The zero-order valence-corrected chi connectivity index (χ0v) is 19.4. The van der Waals surface area contributed by atoms with Crippen molar-refractivity contribution in [2.75, 3.05) is 22.2 Å². The molecule has 0 unspecified atom stereocenters. The van der Waals surface area contributed by atoms with Crippen molar-refractivity contribution in [2.45, 2.75) is 0 Å². The van der Waals surface area contributed by atoms with Crippen LogP contribution in [0.1, 0.15) is 10.4 Å². The second-order valence-corrected chi connectivity index (χ2v) is 8.36. The van der Waals surface area contributed by atoms with Crippen LogP contribution in [-0.4, -0.2) is 24.8 Å². The van der Waals surface area contributed by atoms with Gasteiger partial charge in [-0.25, -0.2) is 4.90 Å². The highest BCUT2D eigenvalue weighted by Gasteiger charge is 2.40. The van der Waals surface area contributed by atoms with Gasteiger partial charge in [-0.05, 0) is 48.5 Å². The lowest BCUT2D eigenvalue weighted by atomic mass is 10.1. The molecule has 4 rings (SSSR count). The molecule has 0 saturated heterocycles. The van der Waals surface area contributed by atoms with E-state index in [1.54, 1.807) is 37.4 Å². The number of amides is 3. The molecule has 1 aliphatic heterocycles. The first-order valence-corrected chi connectivity index (χ1v) is 10.8. The van der Waals surface area contributed by atoms with Gasteiger partial charge in [0.2, 0.25) is 0 Å². The monoisotopic (exact) mass is 499 g/mol. The molecule has 1 N–H and O–H groups in total. The third-order valence-electron chi connectivity index (χ3n) is 5.00. The quantitative estimate of drug-likeness (QED) is 0.456. The molecule has 1 aliphatic rings. The van der Waals surface area contributed by atoms with E-state index in [0.29, 0.717) is 16.3 Å². The Kier molecular flexibility index (Phi) is 6.42. The van der Waals surface area contributed by atoms with Crippen molar-refractivity contribution in [3.05, 3.63) is 99.1 Å². The van der Waals surface area contributed by atoms with Crippen LogP contribution in [0.2, 0.25) is 10.0 Å². The van der Waals surface area contributed by atoms with Gasteiger partial charge in [0.05, 0.1) is 10.7 Å². The first-order chi connectivity index (χ1) is 15.8. The molecule has 0 radical (unpaired) electrons. The normalized spacial score (nSPS) is 13.5. The molecule has 0 aliphatic carbocycles. The molecule has 3 aromatic rings. The second kappa shape index (κ2) is 9.27. The minimum Gasteiger partial charge on any atom is -0.350 e. The van der Waals surface area contributed by atoms with Crippen LogP contribution in [0.25, 0.3) is 0 Å². The largest absolute Gasteiger partial charge is 0.350 e. The fraction of sp³-hybridized carbons (Fsp3) is 0.0417. The molecule has 0 fully saturated rings. The number of halogens is 3. The lowest BCUT2D eigenvalue weighted by Crippen LogP contribution is -2.32. The summed E-state index contributed by atoms with van der Waals surface area (Å²) < 4.78 is 0. The summed E-state index contributed by atoms with van der Waals surface area (Å²) in [6, 6.07) is 20.2. The summed E-state index contributed by atoms with van der Waals surface area (Å²) in [7, 11) is 1.67. The zero-order chi connectivity index (χ0) is 23.7. The lowest BCUT2D eigenvalue weighted by molar-refractivity contribution is -0.120. The molecule has 0 aromatic heterocycles. The van der Waals surface area contributed by atoms with Crippen molar-refractivity contribution < 1.29 is 14.4 Å². The topological polar surface area (TPSA) is 69.7 Å². The van der Waals surface area contributed by atoms with Gasteiger partial charge in [0.15, 0.2) is 0 Å². The molecular weight excluding hydrogens is 485 g/mol. The minimum atomic E-state index is -0.732. The van der Waals surface area contributed by atoms with Gasteiger partial charge in [-0.3, -0.25) is 14.4 Å². The van der Waals surface area contributed by atoms with Crippen molar-refractivity contribution in [3.8, 4) is 0 Å². The van der Waals surface area contributed by atoms with Gasteiger partial charge in [-0.2, -0.15) is 0 Å². The van der Waals surface area contributed by atoms with E-state index in [1.807, 2.05) is 30.3 Å². The molecule has 33 heavy (non-hydrogen) atoms. The molecule has 6 nitrogen and oxygen atoms in total. The smallest absolute Gasteiger partial charge is 0.283 e. The fourth-order valence-electron chi connectivity index (χ4n) is 3.32. The number of benzene rings is 3. The van der Waals surface area contributed by atoms with Gasteiger partial charge in [0.25, 0.3) is 17.7 Å². The van der Waals surface area contributed by atoms with Crippen molar-refractivity contribution in [2.24, 2.45) is 0 Å². The van der Waals surface area contributed by atoms with E-state index in [-0.39, 0.29) is 27.3 Å². The van der Waals surface area contributed by atoms with Crippen LogP contribution in [0.4, 0.5) is 17.1 Å². The highest BCUT2D eigenvalue weighted by molar-refractivity contribution is 6.54. The van der Waals surface area contributed by atoms with Crippen LogP contribution in [0.15, 0.2) is 83.5 Å². The summed E-state index contributed by atoms with van der Waals surface area (Å²) in [6.07, 6.45) is 0. The predicted octanol–water partition coefficient (Wildman–Crippen LogP) is 5.71. The Labute approximate surface area is 205 Å². The van der Waals surface area contributed by atoms with E-state index < -0.39 is 11.8 Å². The number of carbonyl (C=O) groups excluding carboxylic acids is 3. The van der Waals surface area contributed by atoms with Crippen LogP contribution >= 0.6 is 34.8 Å². The number of para-hydroxylation sites is 1. The van der Waals surface area contributed by atoms with Crippen LogP contribution in [0.3, 0.4) is 0 Å². The van der Waals surface area contributed by atoms with Crippen molar-refractivity contribution in [1.29, 1.82) is 0 Å². The maximum atomic E-state index is 13.0. The highest BCUT2D eigenvalue weighted by atomic mass is 35.5. The highest BCUT2D eigenvalue weighted by Crippen LogP contribution is 2.36. The van der Waals surface area contributed by atoms with E-state index in [2.05, 4.69) is 5.32 Å². The number of imide groups is 1. The van der Waals surface area contributed by atoms with Crippen molar-refractivity contribution in [3.63, 3.8) is 0 Å². The maximum Gasteiger partial charge on any atom is 0.283 e. The predicted molar refractivity (Wildman–Crippen MR) is 131 cm³/mol. The van der Waals surface area contributed by atoms with E-state index in [4.69, 9.17) is 34.8 Å².